The highest BCUT2D eigenvalue weighted by atomic mass is 16.5. The van der Waals surface area contributed by atoms with Crippen molar-refractivity contribution in [2.24, 2.45) is 0 Å². The zero-order valence-electron chi connectivity index (χ0n) is 10.1. The molecule has 2 aromatic heterocycles. The quantitative estimate of drug-likeness (QED) is 0.765. The molecule has 3 rings (SSSR count). The van der Waals surface area contributed by atoms with E-state index in [1.165, 1.54) is 0 Å². The number of imidazole rings is 1. The lowest BCUT2D eigenvalue weighted by molar-refractivity contribution is 0.317. The molecule has 92 valence electrons. The van der Waals surface area contributed by atoms with Gasteiger partial charge in [0.05, 0.1) is 17.6 Å². The van der Waals surface area contributed by atoms with Crippen molar-refractivity contribution in [3.8, 4) is 17.5 Å². The van der Waals surface area contributed by atoms with Crippen molar-refractivity contribution in [3.63, 3.8) is 0 Å². The smallest absolute Gasteiger partial charge is 0.294 e. The summed E-state index contributed by atoms with van der Waals surface area (Å²) in [5.41, 5.74) is 2.58. The van der Waals surface area contributed by atoms with Crippen LogP contribution >= 0.6 is 0 Å². The van der Waals surface area contributed by atoms with Crippen LogP contribution < -0.4 is 4.74 Å². The summed E-state index contributed by atoms with van der Waals surface area (Å²) in [6, 6.07) is 6.22. The number of ether oxygens (including phenoxy) is 1. The Labute approximate surface area is 103 Å². The number of hydrogen-bond donors (Lipinski definition) is 1. The highest BCUT2D eigenvalue weighted by Gasteiger charge is 2.09. The number of nitrogens with zero attached hydrogens (tertiary/aromatic N) is 3. The molecule has 0 bridgehead atoms. The molecule has 6 heteroatoms. The zero-order valence-corrected chi connectivity index (χ0v) is 10.1. The molecule has 0 radical (unpaired) electrons. The van der Waals surface area contributed by atoms with Crippen LogP contribution in [-0.2, 0) is 0 Å². The standard InChI is InChI=1S/C12H12N4O2/c1-3-17-12-14-9-5-4-8(6-10(9)15-12)11-13-7(2)16-18-11/h4-6H,3H2,1-2H3,(H,14,15). The van der Waals surface area contributed by atoms with Gasteiger partial charge in [-0.05, 0) is 32.0 Å². The molecule has 2 heterocycles. The van der Waals surface area contributed by atoms with Crippen molar-refractivity contribution in [2.75, 3.05) is 6.61 Å². The van der Waals surface area contributed by atoms with Crippen molar-refractivity contribution in [1.82, 2.24) is 20.1 Å². The van der Waals surface area contributed by atoms with Gasteiger partial charge in [0.15, 0.2) is 5.82 Å². The van der Waals surface area contributed by atoms with Crippen LogP contribution in [0.1, 0.15) is 12.7 Å². The van der Waals surface area contributed by atoms with Gasteiger partial charge in [-0.1, -0.05) is 5.16 Å². The maximum atomic E-state index is 5.32. The molecule has 0 amide bonds. The van der Waals surface area contributed by atoms with E-state index in [-0.39, 0.29) is 0 Å². The van der Waals surface area contributed by atoms with E-state index in [9.17, 15) is 0 Å². The summed E-state index contributed by atoms with van der Waals surface area (Å²) in [5.74, 6) is 1.12. The molecule has 0 spiro atoms. The maximum Gasteiger partial charge on any atom is 0.294 e. The molecule has 1 N–H and O–H groups in total. The fraction of sp³-hybridized carbons (Fsp3) is 0.250. The second kappa shape index (κ2) is 4.14. The van der Waals surface area contributed by atoms with Gasteiger partial charge in [-0.3, -0.25) is 0 Å². The summed E-state index contributed by atoms with van der Waals surface area (Å²) in [4.78, 5) is 11.6. The molecule has 0 aliphatic heterocycles. The van der Waals surface area contributed by atoms with Gasteiger partial charge in [-0.15, -0.1) is 0 Å². The average molecular weight is 244 g/mol. The van der Waals surface area contributed by atoms with E-state index in [1.807, 2.05) is 25.1 Å². The van der Waals surface area contributed by atoms with Crippen molar-refractivity contribution in [3.05, 3.63) is 24.0 Å². The lowest BCUT2D eigenvalue weighted by Gasteiger charge is -1.94. The molecular weight excluding hydrogens is 232 g/mol. The zero-order chi connectivity index (χ0) is 12.5. The fourth-order valence-corrected chi connectivity index (χ4v) is 1.74. The monoisotopic (exact) mass is 244 g/mol. The van der Waals surface area contributed by atoms with Crippen LogP contribution in [-0.4, -0.2) is 26.7 Å². The maximum absolute atomic E-state index is 5.32. The number of aromatic amines is 1. The number of fused-ring (bicyclic) bond motifs is 1. The van der Waals surface area contributed by atoms with Gasteiger partial charge < -0.3 is 14.2 Å². The van der Waals surface area contributed by atoms with Crippen LogP contribution in [0.4, 0.5) is 0 Å². The summed E-state index contributed by atoms with van der Waals surface area (Å²) in [7, 11) is 0. The van der Waals surface area contributed by atoms with Gasteiger partial charge in [0.2, 0.25) is 0 Å². The summed E-state index contributed by atoms with van der Waals surface area (Å²) >= 11 is 0. The van der Waals surface area contributed by atoms with Crippen LogP contribution in [0.15, 0.2) is 22.7 Å². The van der Waals surface area contributed by atoms with Gasteiger partial charge in [0.25, 0.3) is 11.9 Å². The average Bonchev–Trinajstić information content (AvgIpc) is 2.94. The fourth-order valence-electron chi connectivity index (χ4n) is 1.74. The minimum Gasteiger partial charge on any atom is -0.465 e. The Balaban J connectivity index is 2.05. The van der Waals surface area contributed by atoms with Crippen molar-refractivity contribution in [1.29, 1.82) is 0 Å². The van der Waals surface area contributed by atoms with E-state index in [0.29, 0.717) is 24.3 Å². The molecule has 0 atom stereocenters. The predicted octanol–water partition coefficient (Wildman–Crippen LogP) is 2.32. The van der Waals surface area contributed by atoms with E-state index in [0.717, 1.165) is 16.6 Å². The van der Waals surface area contributed by atoms with E-state index in [2.05, 4.69) is 20.1 Å². The first-order valence-corrected chi connectivity index (χ1v) is 5.69. The third kappa shape index (κ3) is 1.81. The molecule has 3 aromatic rings. The lowest BCUT2D eigenvalue weighted by atomic mass is 10.2. The molecule has 0 saturated heterocycles. The number of rotatable bonds is 3. The van der Waals surface area contributed by atoms with Crippen LogP contribution in [0, 0.1) is 6.92 Å². The van der Waals surface area contributed by atoms with Crippen molar-refractivity contribution >= 4 is 11.0 Å². The molecule has 0 unspecified atom stereocenters. The molecule has 18 heavy (non-hydrogen) atoms. The van der Waals surface area contributed by atoms with Crippen LogP contribution in [0.25, 0.3) is 22.5 Å². The molecule has 0 fully saturated rings. The molecular formula is C12H12N4O2. The number of aromatic nitrogens is 4. The minimum absolute atomic E-state index is 0.502. The number of nitrogens with one attached hydrogen (secondary N) is 1. The van der Waals surface area contributed by atoms with Crippen LogP contribution in [0.2, 0.25) is 0 Å². The molecule has 0 aliphatic rings. The second-order valence-electron chi connectivity index (χ2n) is 3.85. The van der Waals surface area contributed by atoms with Gasteiger partial charge in [-0.2, -0.15) is 9.97 Å². The predicted molar refractivity (Wildman–Crippen MR) is 65.3 cm³/mol. The first kappa shape index (κ1) is 10.8. The number of aryl methyl sites for hydroxylation is 1. The second-order valence-corrected chi connectivity index (χ2v) is 3.85. The Morgan fingerprint density at radius 2 is 2.22 bits per heavy atom. The van der Waals surface area contributed by atoms with Crippen LogP contribution in [0.3, 0.4) is 0 Å². The van der Waals surface area contributed by atoms with Gasteiger partial charge >= 0.3 is 0 Å². The Bertz CT molecular complexity index is 686. The van der Waals surface area contributed by atoms with Crippen molar-refractivity contribution < 1.29 is 9.26 Å². The molecule has 1 aromatic carbocycles. The van der Waals surface area contributed by atoms with E-state index >= 15 is 0 Å². The summed E-state index contributed by atoms with van der Waals surface area (Å²) in [5, 5.41) is 3.77. The Morgan fingerprint density at radius 3 is 2.94 bits per heavy atom. The number of benzene rings is 1. The Kier molecular flexibility index (Phi) is 2.47. The van der Waals surface area contributed by atoms with E-state index in [4.69, 9.17) is 9.26 Å². The molecule has 0 aliphatic carbocycles. The summed E-state index contributed by atoms with van der Waals surface area (Å²) < 4.78 is 10.4. The van der Waals surface area contributed by atoms with E-state index in [1.54, 1.807) is 6.92 Å². The Hall–Kier alpha value is -2.37. The van der Waals surface area contributed by atoms with Crippen molar-refractivity contribution in [2.45, 2.75) is 13.8 Å². The third-order valence-corrected chi connectivity index (χ3v) is 2.52. The van der Waals surface area contributed by atoms with Gasteiger partial charge in [-0.25, -0.2) is 0 Å². The first-order chi connectivity index (χ1) is 8.76. The summed E-state index contributed by atoms with van der Waals surface area (Å²) in [6.45, 7) is 4.28. The Morgan fingerprint density at radius 1 is 1.33 bits per heavy atom. The SMILES string of the molecule is CCOc1nc2ccc(-c3nc(C)no3)cc2[nH]1. The summed E-state index contributed by atoms with van der Waals surface area (Å²) in [6.07, 6.45) is 0. The van der Waals surface area contributed by atoms with Gasteiger partial charge in [0, 0.05) is 5.56 Å². The highest BCUT2D eigenvalue weighted by molar-refractivity contribution is 5.80. The van der Waals surface area contributed by atoms with E-state index < -0.39 is 0 Å². The highest BCUT2D eigenvalue weighted by Crippen LogP contribution is 2.23. The number of hydrogen-bond acceptors (Lipinski definition) is 5. The normalized spacial score (nSPS) is 11.0. The van der Waals surface area contributed by atoms with Gasteiger partial charge in [0.1, 0.15) is 0 Å². The molecule has 6 nitrogen and oxygen atoms in total. The topological polar surface area (TPSA) is 76.8 Å². The lowest BCUT2D eigenvalue weighted by Crippen LogP contribution is -1.92. The minimum atomic E-state index is 0.502. The number of H-pyrrole nitrogens is 1. The first-order valence-electron chi connectivity index (χ1n) is 5.69. The van der Waals surface area contributed by atoms with Crippen LogP contribution in [0.5, 0.6) is 6.01 Å². The largest absolute Gasteiger partial charge is 0.465 e. The third-order valence-electron chi connectivity index (χ3n) is 2.52. The molecule has 0 saturated carbocycles.